The van der Waals surface area contributed by atoms with E-state index in [0.717, 1.165) is 59.4 Å². The van der Waals surface area contributed by atoms with E-state index in [1.807, 2.05) is 42.5 Å². The molecule has 1 aliphatic rings. The van der Waals surface area contributed by atoms with Gasteiger partial charge >= 0.3 is 5.97 Å². The largest absolute Gasteiger partial charge is 0.497 e. The van der Waals surface area contributed by atoms with Crippen LogP contribution in [0.5, 0.6) is 5.75 Å². The zero-order valence-corrected chi connectivity index (χ0v) is 32.4. The number of thioether (sulfide) groups is 1. The molecule has 0 bridgehead atoms. The third-order valence-electron chi connectivity index (χ3n) is 9.03. The summed E-state index contributed by atoms with van der Waals surface area (Å²) in [6.07, 6.45) is 7.51. The van der Waals surface area contributed by atoms with Crippen molar-refractivity contribution in [2.75, 3.05) is 24.4 Å². The van der Waals surface area contributed by atoms with Crippen LogP contribution in [-0.4, -0.2) is 37.4 Å². The lowest BCUT2D eigenvalue weighted by Gasteiger charge is -2.18. The van der Waals surface area contributed by atoms with E-state index in [4.69, 9.17) is 9.47 Å². The lowest BCUT2D eigenvalue weighted by atomic mass is 9.96. The standard InChI is InChI=1S/C44H43N3O6S2/c1-3-53-44(51)38-35-21-12-4-5-13-22-37(35)55-43(38)47-42(50)39(30-15-8-6-9-16-30)54-34-20-14-19-32(28-34)45-41(49)36(27-29-23-25-33(52-2)26-24-29)46-40(48)31-17-10-7-11-18-31/h6-11,14-20,23-28,39H,3-5,12-13,21-22H2,1-2H3,(H,45,49)(H,46,48)(H,47,50)/b36-27+. The van der Waals surface area contributed by atoms with Gasteiger partial charge in [0.15, 0.2) is 0 Å². The van der Waals surface area contributed by atoms with Crippen LogP contribution in [0.1, 0.15) is 80.1 Å². The molecule has 1 atom stereocenters. The molecule has 55 heavy (non-hydrogen) atoms. The van der Waals surface area contributed by atoms with E-state index >= 15 is 0 Å². The number of thiophene rings is 1. The van der Waals surface area contributed by atoms with Crippen LogP contribution in [0.25, 0.3) is 6.08 Å². The number of rotatable bonds is 13. The van der Waals surface area contributed by atoms with E-state index < -0.39 is 23.0 Å². The second-order valence-corrected chi connectivity index (χ2v) is 15.2. The maximum absolute atomic E-state index is 14.3. The number of carbonyl (C=O) groups excluding carboxylic acids is 4. The van der Waals surface area contributed by atoms with E-state index in [9.17, 15) is 19.2 Å². The summed E-state index contributed by atoms with van der Waals surface area (Å²) in [6.45, 7) is 2.02. The van der Waals surface area contributed by atoms with Crippen LogP contribution in [0, 0.1) is 0 Å². The number of hydrogen-bond donors (Lipinski definition) is 3. The molecular formula is C44H43N3O6S2. The van der Waals surface area contributed by atoms with Gasteiger partial charge in [-0.1, -0.05) is 79.6 Å². The molecule has 0 saturated heterocycles. The second-order valence-electron chi connectivity index (χ2n) is 12.9. The number of anilines is 2. The normalized spacial score (nSPS) is 13.3. The molecule has 1 heterocycles. The highest BCUT2D eigenvalue weighted by atomic mass is 32.2. The van der Waals surface area contributed by atoms with Crippen LogP contribution < -0.4 is 20.7 Å². The summed E-state index contributed by atoms with van der Waals surface area (Å²) in [4.78, 5) is 56.4. The van der Waals surface area contributed by atoms with Crippen LogP contribution in [0.4, 0.5) is 10.7 Å². The highest BCUT2D eigenvalue weighted by molar-refractivity contribution is 8.00. The molecule has 4 aromatic carbocycles. The van der Waals surface area contributed by atoms with Crippen LogP contribution in [0.2, 0.25) is 0 Å². The molecule has 0 radical (unpaired) electrons. The Morgan fingerprint density at radius 2 is 1.53 bits per heavy atom. The minimum Gasteiger partial charge on any atom is -0.497 e. The fourth-order valence-corrected chi connectivity index (χ4v) is 8.66. The van der Waals surface area contributed by atoms with E-state index in [2.05, 4.69) is 16.0 Å². The summed E-state index contributed by atoms with van der Waals surface area (Å²) in [7, 11) is 1.57. The minimum absolute atomic E-state index is 0.0427. The summed E-state index contributed by atoms with van der Waals surface area (Å²) >= 11 is 2.80. The minimum atomic E-state index is -0.692. The lowest BCUT2D eigenvalue weighted by Crippen LogP contribution is -2.30. The number of ether oxygens (including phenoxy) is 2. The Balaban J connectivity index is 1.25. The fourth-order valence-electron chi connectivity index (χ4n) is 6.30. The maximum Gasteiger partial charge on any atom is 0.341 e. The number of methoxy groups -OCH3 is 1. The van der Waals surface area contributed by atoms with E-state index in [-0.39, 0.29) is 18.2 Å². The summed E-state index contributed by atoms with van der Waals surface area (Å²) in [6, 6.07) is 32.4. The van der Waals surface area contributed by atoms with Gasteiger partial charge in [-0.2, -0.15) is 0 Å². The van der Waals surface area contributed by atoms with E-state index in [1.54, 1.807) is 86.8 Å². The number of carbonyl (C=O) groups is 4. The van der Waals surface area contributed by atoms with Crippen molar-refractivity contribution in [1.29, 1.82) is 0 Å². The van der Waals surface area contributed by atoms with Crippen molar-refractivity contribution in [3.63, 3.8) is 0 Å². The van der Waals surface area contributed by atoms with Crippen molar-refractivity contribution >= 4 is 63.6 Å². The first-order chi connectivity index (χ1) is 26.8. The highest BCUT2D eigenvalue weighted by Crippen LogP contribution is 2.41. The molecule has 0 fully saturated rings. The van der Waals surface area contributed by atoms with Gasteiger partial charge in [-0.3, -0.25) is 14.4 Å². The zero-order chi connectivity index (χ0) is 38.6. The average molecular weight is 774 g/mol. The highest BCUT2D eigenvalue weighted by Gasteiger charge is 2.29. The third-order valence-corrected chi connectivity index (χ3v) is 11.5. The SMILES string of the molecule is CCOC(=O)c1c(NC(=O)C(Sc2cccc(NC(=O)/C(=C\c3ccc(OC)cc3)NC(=O)c3ccccc3)c2)c2ccccc2)sc2c1CCCCCC2. The molecule has 0 aliphatic heterocycles. The summed E-state index contributed by atoms with van der Waals surface area (Å²) in [5.41, 5.74) is 3.84. The Hall–Kier alpha value is -5.65. The first-order valence-electron chi connectivity index (χ1n) is 18.3. The van der Waals surface area contributed by atoms with E-state index in [0.29, 0.717) is 33.1 Å². The Morgan fingerprint density at radius 1 is 0.818 bits per heavy atom. The molecule has 1 unspecified atom stereocenters. The quantitative estimate of drug-likeness (QED) is 0.0619. The predicted molar refractivity (Wildman–Crippen MR) is 220 cm³/mol. The summed E-state index contributed by atoms with van der Waals surface area (Å²) in [5, 5.41) is 8.65. The smallest absolute Gasteiger partial charge is 0.341 e. The molecule has 9 nitrogen and oxygen atoms in total. The number of esters is 1. The van der Waals surface area contributed by atoms with Gasteiger partial charge in [0, 0.05) is 21.0 Å². The fraction of sp³-hybridized carbons (Fsp3) is 0.227. The number of amides is 3. The number of nitrogens with one attached hydrogen (secondary N) is 3. The van der Waals surface area contributed by atoms with Crippen molar-refractivity contribution in [3.05, 3.63) is 148 Å². The predicted octanol–water partition coefficient (Wildman–Crippen LogP) is 9.47. The number of benzene rings is 4. The molecule has 1 aromatic heterocycles. The van der Waals surface area contributed by atoms with Crippen LogP contribution in [0.15, 0.2) is 120 Å². The maximum atomic E-state index is 14.3. The third kappa shape index (κ3) is 10.3. The Labute approximate surface area is 329 Å². The van der Waals surface area contributed by atoms with E-state index in [1.165, 1.54) is 23.1 Å². The van der Waals surface area contributed by atoms with Crippen molar-refractivity contribution in [1.82, 2.24) is 5.32 Å². The van der Waals surface area contributed by atoms with Crippen molar-refractivity contribution in [2.45, 2.75) is 55.6 Å². The number of hydrogen-bond acceptors (Lipinski definition) is 8. The van der Waals surface area contributed by atoms with Gasteiger partial charge in [0.2, 0.25) is 5.91 Å². The van der Waals surface area contributed by atoms with Gasteiger partial charge in [0.05, 0.1) is 19.3 Å². The van der Waals surface area contributed by atoms with Crippen molar-refractivity contribution < 1.29 is 28.7 Å². The first kappa shape index (κ1) is 39.1. The lowest BCUT2D eigenvalue weighted by molar-refractivity contribution is -0.116. The topological polar surface area (TPSA) is 123 Å². The Bertz CT molecular complexity index is 2150. The van der Waals surface area contributed by atoms with Gasteiger partial charge in [-0.25, -0.2) is 4.79 Å². The molecule has 0 saturated carbocycles. The first-order valence-corrected chi connectivity index (χ1v) is 20.0. The molecule has 0 spiro atoms. The van der Waals surface area contributed by atoms with Gasteiger partial charge in [0.1, 0.15) is 21.7 Å². The van der Waals surface area contributed by atoms with Gasteiger partial charge in [-0.05, 0) is 97.8 Å². The van der Waals surface area contributed by atoms with Crippen molar-refractivity contribution in [2.24, 2.45) is 0 Å². The van der Waals surface area contributed by atoms with Crippen LogP contribution >= 0.6 is 23.1 Å². The Kier molecular flexibility index (Phi) is 13.6. The summed E-state index contributed by atoms with van der Waals surface area (Å²) in [5.74, 6) is -0.991. The molecule has 6 rings (SSSR count). The van der Waals surface area contributed by atoms with Gasteiger partial charge < -0.3 is 25.4 Å². The molecule has 11 heteroatoms. The molecule has 282 valence electrons. The van der Waals surface area contributed by atoms with Crippen LogP contribution in [0.3, 0.4) is 0 Å². The molecule has 1 aliphatic carbocycles. The van der Waals surface area contributed by atoms with Crippen molar-refractivity contribution in [3.8, 4) is 5.75 Å². The molecule has 3 N–H and O–H groups in total. The monoisotopic (exact) mass is 773 g/mol. The average Bonchev–Trinajstić information content (AvgIpc) is 3.52. The van der Waals surface area contributed by atoms with Gasteiger partial charge in [-0.15, -0.1) is 23.1 Å². The summed E-state index contributed by atoms with van der Waals surface area (Å²) < 4.78 is 10.7. The second kappa shape index (κ2) is 19.1. The van der Waals surface area contributed by atoms with Crippen LogP contribution in [-0.2, 0) is 27.2 Å². The number of fused-ring (bicyclic) bond motifs is 1. The zero-order valence-electron chi connectivity index (χ0n) is 30.8. The molecule has 3 amide bonds. The molecule has 5 aromatic rings. The number of aryl methyl sites for hydroxylation is 1. The Morgan fingerprint density at radius 3 is 2.24 bits per heavy atom. The molecular weight excluding hydrogens is 731 g/mol. The van der Waals surface area contributed by atoms with Gasteiger partial charge in [0.25, 0.3) is 11.8 Å².